The molecule has 3 aromatic carbocycles. The Hall–Kier alpha value is -3.00. The molecule has 0 saturated carbocycles. The zero-order valence-electron chi connectivity index (χ0n) is 16.7. The van der Waals surface area contributed by atoms with Gasteiger partial charge in [0.25, 0.3) is 10.0 Å². The van der Waals surface area contributed by atoms with Crippen LogP contribution in [-0.4, -0.2) is 21.6 Å². The van der Waals surface area contributed by atoms with Crippen LogP contribution in [0.2, 0.25) is 0 Å². The van der Waals surface area contributed by atoms with Crippen LogP contribution in [0, 0.1) is 0 Å². The molecule has 1 aliphatic heterocycles. The van der Waals surface area contributed by atoms with Crippen molar-refractivity contribution in [1.82, 2.24) is 0 Å². The van der Waals surface area contributed by atoms with Gasteiger partial charge in [0.05, 0.1) is 22.7 Å². The second-order valence-corrected chi connectivity index (χ2v) is 9.01. The number of nitrogens with zero attached hydrogens (tertiary/aromatic N) is 1. The first-order chi connectivity index (χ1) is 14.7. The molecule has 1 aliphatic rings. The summed E-state index contributed by atoms with van der Waals surface area (Å²) in [5.74, 6) is 0.375. The van der Waals surface area contributed by atoms with Crippen molar-refractivity contribution in [3.05, 3.63) is 77.9 Å². The molecular weight excluding hydrogens is 427 g/mol. The van der Waals surface area contributed by atoms with E-state index in [0.29, 0.717) is 17.5 Å². The molecule has 0 N–H and O–H groups in total. The second kappa shape index (κ2) is 7.92. The van der Waals surface area contributed by atoms with Gasteiger partial charge >= 0.3 is 6.18 Å². The Morgan fingerprint density at radius 3 is 2.52 bits per heavy atom. The Balaban J connectivity index is 1.81. The molecule has 0 atom stereocenters. The number of alkyl halides is 3. The van der Waals surface area contributed by atoms with E-state index >= 15 is 0 Å². The molecule has 4 rings (SSSR count). The van der Waals surface area contributed by atoms with Crippen LogP contribution in [0.5, 0.6) is 5.75 Å². The van der Waals surface area contributed by atoms with E-state index in [1.807, 2.05) is 37.3 Å². The molecule has 3 aromatic rings. The Morgan fingerprint density at radius 1 is 1.00 bits per heavy atom. The summed E-state index contributed by atoms with van der Waals surface area (Å²) in [6.45, 7) is 2.14. The molecule has 0 aromatic heterocycles. The van der Waals surface area contributed by atoms with Crippen LogP contribution < -0.4 is 9.04 Å². The van der Waals surface area contributed by atoms with Gasteiger partial charge in [-0.1, -0.05) is 43.3 Å². The molecule has 0 amide bonds. The van der Waals surface area contributed by atoms with Crippen molar-refractivity contribution in [3.8, 4) is 16.9 Å². The first-order valence-electron chi connectivity index (χ1n) is 9.77. The van der Waals surface area contributed by atoms with Crippen LogP contribution in [0.3, 0.4) is 0 Å². The van der Waals surface area contributed by atoms with Gasteiger partial charge in [0.1, 0.15) is 12.4 Å². The maximum Gasteiger partial charge on any atom is 0.416 e. The van der Waals surface area contributed by atoms with E-state index in [0.717, 1.165) is 39.5 Å². The van der Waals surface area contributed by atoms with E-state index < -0.39 is 26.7 Å². The van der Waals surface area contributed by atoms with Gasteiger partial charge in [-0.2, -0.15) is 13.2 Å². The van der Waals surface area contributed by atoms with Gasteiger partial charge in [-0.3, -0.25) is 4.31 Å². The standard InChI is InChI=1S/C23H20F3NO3S/c1-2-16-6-3-4-9-20(16)17-10-11-22-21(14-17)27(12-13-30-22)31(28,29)19-8-5-7-18(15-19)23(24,25)26/h3-11,14-15H,2,12-13H2,1H3. The molecule has 4 nitrogen and oxygen atoms in total. The minimum atomic E-state index is -4.63. The number of sulfonamides is 1. The van der Waals surface area contributed by atoms with E-state index in [9.17, 15) is 21.6 Å². The van der Waals surface area contributed by atoms with Gasteiger partial charge in [0, 0.05) is 0 Å². The van der Waals surface area contributed by atoms with Crippen molar-refractivity contribution in [3.63, 3.8) is 0 Å². The third-order valence-corrected chi connectivity index (χ3v) is 7.05. The van der Waals surface area contributed by atoms with E-state index in [1.165, 1.54) is 6.07 Å². The Labute approximate surface area is 178 Å². The molecule has 0 radical (unpaired) electrons. The van der Waals surface area contributed by atoms with Crippen molar-refractivity contribution in [2.75, 3.05) is 17.5 Å². The maximum absolute atomic E-state index is 13.3. The number of ether oxygens (including phenoxy) is 1. The van der Waals surface area contributed by atoms with Gasteiger partial charge < -0.3 is 4.74 Å². The lowest BCUT2D eigenvalue weighted by atomic mass is 9.97. The van der Waals surface area contributed by atoms with Crippen molar-refractivity contribution < 1.29 is 26.3 Å². The van der Waals surface area contributed by atoms with Crippen LogP contribution in [-0.2, 0) is 22.6 Å². The van der Waals surface area contributed by atoms with Crippen molar-refractivity contribution in [1.29, 1.82) is 0 Å². The molecule has 0 spiro atoms. The summed E-state index contributed by atoms with van der Waals surface area (Å²) >= 11 is 0. The minimum Gasteiger partial charge on any atom is -0.489 e. The Kier molecular flexibility index (Phi) is 5.43. The molecule has 0 unspecified atom stereocenters. The van der Waals surface area contributed by atoms with E-state index in [2.05, 4.69) is 0 Å². The number of anilines is 1. The van der Waals surface area contributed by atoms with Crippen LogP contribution in [0.1, 0.15) is 18.1 Å². The molecule has 0 aliphatic carbocycles. The van der Waals surface area contributed by atoms with E-state index in [1.54, 1.807) is 12.1 Å². The highest BCUT2D eigenvalue weighted by atomic mass is 32.2. The van der Waals surface area contributed by atoms with Crippen LogP contribution in [0.25, 0.3) is 11.1 Å². The van der Waals surface area contributed by atoms with Gasteiger partial charge in [0.15, 0.2) is 0 Å². The second-order valence-electron chi connectivity index (χ2n) is 7.14. The zero-order valence-corrected chi connectivity index (χ0v) is 17.5. The van der Waals surface area contributed by atoms with Gasteiger partial charge in [-0.05, 0) is 53.4 Å². The average Bonchev–Trinajstić information content (AvgIpc) is 2.77. The van der Waals surface area contributed by atoms with Crippen molar-refractivity contribution in [2.24, 2.45) is 0 Å². The third-order valence-electron chi connectivity index (χ3n) is 5.24. The fourth-order valence-electron chi connectivity index (χ4n) is 3.68. The quantitative estimate of drug-likeness (QED) is 0.529. The normalized spacial score (nSPS) is 14.1. The van der Waals surface area contributed by atoms with Gasteiger partial charge in [0.2, 0.25) is 0 Å². The number of halogens is 3. The van der Waals surface area contributed by atoms with Crippen LogP contribution in [0.15, 0.2) is 71.6 Å². The average molecular weight is 447 g/mol. The number of aryl methyl sites for hydroxylation is 1. The lowest BCUT2D eigenvalue weighted by Gasteiger charge is -2.31. The summed E-state index contributed by atoms with van der Waals surface area (Å²) in [6.07, 6.45) is -3.83. The predicted octanol–water partition coefficient (Wildman–Crippen LogP) is 5.52. The number of rotatable bonds is 4. The molecule has 162 valence electrons. The maximum atomic E-state index is 13.3. The summed E-state index contributed by atoms with van der Waals surface area (Å²) in [4.78, 5) is -0.408. The fraction of sp³-hybridized carbons (Fsp3) is 0.217. The highest BCUT2D eigenvalue weighted by Crippen LogP contribution is 2.40. The van der Waals surface area contributed by atoms with Gasteiger partial charge in [-0.15, -0.1) is 0 Å². The lowest BCUT2D eigenvalue weighted by molar-refractivity contribution is -0.137. The molecule has 1 heterocycles. The number of hydrogen-bond acceptors (Lipinski definition) is 3. The summed E-state index contributed by atoms with van der Waals surface area (Å²) < 4.78 is 72.7. The Morgan fingerprint density at radius 2 is 1.77 bits per heavy atom. The molecule has 31 heavy (non-hydrogen) atoms. The fourth-order valence-corrected chi connectivity index (χ4v) is 5.18. The van der Waals surface area contributed by atoms with E-state index in [-0.39, 0.29) is 13.2 Å². The highest BCUT2D eigenvalue weighted by molar-refractivity contribution is 7.92. The van der Waals surface area contributed by atoms with E-state index in [4.69, 9.17) is 4.74 Å². The van der Waals surface area contributed by atoms with Crippen molar-refractivity contribution in [2.45, 2.75) is 24.4 Å². The van der Waals surface area contributed by atoms with Crippen LogP contribution >= 0.6 is 0 Å². The predicted molar refractivity (Wildman–Crippen MR) is 113 cm³/mol. The van der Waals surface area contributed by atoms with Gasteiger partial charge in [-0.25, -0.2) is 8.42 Å². The zero-order chi connectivity index (χ0) is 22.2. The monoisotopic (exact) mass is 447 g/mol. The molecular formula is C23H20F3NO3S. The first kappa shape index (κ1) is 21.2. The SMILES string of the molecule is CCc1ccccc1-c1ccc2c(c1)N(S(=O)(=O)c1cccc(C(F)(F)F)c1)CCO2. The summed E-state index contributed by atoms with van der Waals surface area (Å²) in [5.41, 5.74) is 2.19. The van der Waals surface area contributed by atoms with Crippen LogP contribution in [0.4, 0.5) is 18.9 Å². The molecule has 0 saturated heterocycles. The number of benzene rings is 3. The molecule has 0 fully saturated rings. The summed E-state index contributed by atoms with van der Waals surface area (Å²) in [7, 11) is -4.22. The Bertz CT molecular complexity index is 1220. The lowest BCUT2D eigenvalue weighted by Crippen LogP contribution is -2.38. The first-order valence-corrected chi connectivity index (χ1v) is 11.2. The molecule has 8 heteroatoms. The summed E-state index contributed by atoms with van der Waals surface area (Å²) in [6, 6.07) is 16.9. The minimum absolute atomic E-state index is 0.00442. The number of hydrogen-bond donors (Lipinski definition) is 0. The largest absolute Gasteiger partial charge is 0.489 e. The summed E-state index contributed by atoms with van der Waals surface area (Å²) in [5, 5.41) is 0. The van der Waals surface area contributed by atoms with Crippen molar-refractivity contribution >= 4 is 15.7 Å². The topological polar surface area (TPSA) is 46.6 Å². The smallest absolute Gasteiger partial charge is 0.416 e. The molecule has 0 bridgehead atoms. The number of fused-ring (bicyclic) bond motifs is 1. The highest BCUT2D eigenvalue weighted by Gasteiger charge is 2.34. The third kappa shape index (κ3) is 3.99.